The first-order chi connectivity index (χ1) is 10.2. The summed E-state index contributed by atoms with van der Waals surface area (Å²) in [6.07, 6.45) is 1.65. The fourth-order valence-corrected chi connectivity index (χ4v) is 2.32. The first-order valence-electron chi connectivity index (χ1n) is 6.57. The van der Waals surface area contributed by atoms with Gasteiger partial charge in [0.15, 0.2) is 0 Å². The smallest absolute Gasteiger partial charge is 0.223 e. The number of hydrogen-bond acceptors (Lipinski definition) is 4. The molecule has 4 nitrogen and oxygen atoms in total. The highest BCUT2D eigenvalue weighted by molar-refractivity contribution is 7.80. The van der Waals surface area contributed by atoms with Crippen molar-refractivity contribution in [2.75, 3.05) is 5.32 Å². The number of nitrogens with two attached hydrogens (primary N) is 1. The Labute approximate surface area is 128 Å². The van der Waals surface area contributed by atoms with Crippen LogP contribution in [0.25, 0.3) is 10.8 Å². The third-order valence-electron chi connectivity index (χ3n) is 3.22. The summed E-state index contributed by atoms with van der Waals surface area (Å²) in [7, 11) is 0. The van der Waals surface area contributed by atoms with Gasteiger partial charge in [-0.25, -0.2) is 9.97 Å². The Balaban J connectivity index is 1.84. The van der Waals surface area contributed by atoms with Crippen LogP contribution in [0.15, 0.2) is 54.7 Å². The van der Waals surface area contributed by atoms with Gasteiger partial charge in [-0.3, -0.25) is 0 Å². The van der Waals surface area contributed by atoms with E-state index in [0.717, 1.165) is 0 Å². The average molecular weight is 294 g/mol. The summed E-state index contributed by atoms with van der Waals surface area (Å²) in [5.41, 5.74) is 7.34. The topological polar surface area (TPSA) is 63.8 Å². The van der Waals surface area contributed by atoms with Gasteiger partial charge in [0.2, 0.25) is 5.95 Å². The molecule has 0 unspecified atom stereocenters. The van der Waals surface area contributed by atoms with Crippen LogP contribution in [-0.2, 0) is 6.54 Å². The van der Waals surface area contributed by atoms with Gasteiger partial charge in [0.1, 0.15) is 10.7 Å². The van der Waals surface area contributed by atoms with E-state index in [4.69, 9.17) is 18.0 Å². The Hall–Kier alpha value is -2.53. The van der Waals surface area contributed by atoms with E-state index in [0.29, 0.717) is 18.2 Å². The molecular formula is C16H14N4S. The molecule has 0 saturated carbocycles. The Morgan fingerprint density at radius 3 is 2.76 bits per heavy atom. The molecule has 1 heterocycles. The van der Waals surface area contributed by atoms with Gasteiger partial charge in [0, 0.05) is 12.7 Å². The van der Waals surface area contributed by atoms with Crippen LogP contribution in [0.1, 0.15) is 11.3 Å². The third kappa shape index (κ3) is 2.98. The van der Waals surface area contributed by atoms with Gasteiger partial charge in [0.25, 0.3) is 0 Å². The minimum atomic E-state index is 0.269. The maximum absolute atomic E-state index is 5.58. The number of anilines is 1. The molecule has 3 N–H and O–H groups in total. The number of benzene rings is 2. The molecule has 0 spiro atoms. The summed E-state index contributed by atoms with van der Waals surface area (Å²) in [6, 6.07) is 16.2. The van der Waals surface area contributed by atoms with E-state index in [1.807, 2.05) is 18.2 Å². The molecule has 2 aromatic carbocycles. The lowest BCUT2D eigenvalue weighted by molar-refractivity contribution is 1.06. The molecule has 0 saturated heterocycles. The first-order valence-corrected chi connectivity index (χ1v) is 6.98. The summed E-state index contributed by atoms with van der Waals surface area (Å²) in [5.74, 6) is 0.522. The van der Waals surface area contributed by atoms with Crippen LogP contribution in [0.3, 0.4) is 0 Å². The van der Waals surface area contributed by atoms with Gasteiger partial charge >= 0.3 is 0 Å². The molecule has 104 valence electrons. The van der Waals surface area contributed by atoms with Gasteiger partial charge in [-0.1, -0.05) is 54.7 Å². The number of rotatable bonds is 4. The Morgan fingerprint density at radius 1 is 1.10 bits per heavy atom. The van der Waals surface area contributed by atoms with Crippen LogP contribution >= 0.6 is 12.2 Å². The number of nitrogens with zero attached hydrogens (tertiary/aromatic N) is 2. The molecule has 0 aliphatic carbocycles. The molecule has 5 heteroatoms. The van der Waals surface area contributed by atoms with Gasteiger partial charge in [-0.2, -0.15) is 0 Å². The fourth-order valence-electron chi connectivity index (χ4n) is 2.20. The molecule has 0 aliphatic heterocycles. The van der Waals surface area contributed by atoms with Crippen molar-refractivity contribution in [3.63, 3.8) is 0 Å². The predicted molar refractivity (Wildman–Crippen MR) is 89.2 cm³/mol. The summed E-state index contributed by atoms with van der Waals surface area (Å²) in [6.45, 7) is 0.641. The van der Waals surface area contributed by atoms with E-state index in [2.05, 4.69) is 39.6 Å². The van der Waals surface area contributed by atoms with Crippen molar-refractivity contribution in [3.8, 4) is 0 Å². The minimum Gasteiger partial charge on any atom is -0.388 e. The quantitative estimate of drug-likeness (QED) is 0.724. The fraction of sp³-hybridized carbons (Fsp3) is 0.0625. The number of aromatic nitrogens is 2. The van der Waals surface area contributed by atoms with Gasteiger partial charge in [-0.05, 0) is 22.4 Å². The zero-order valence-electron chi connectivity index (χ0n) is 11.3. The van der Waals surface area contributed by atoms with E-state index in [9.17, 15) is 0 Å². The van der Waals surface area contributed by atoms with Crippen molar-refractivity contribution in [1.29, 1.82) is 0 Å². The monoisotopic (exact) mass is 294 g/mol. The summed E-state index contributed by atoms with van der Waals surface area (Å²) in [4.78, 5) is 8.73. The zero-order chi connectivity index (χ0) is 14.7. The van der Waals surface area contributed by atoms with Crippen LogP contribution in [0, 0.1) is 0 Å². The summed E-state index contributed by atoms with van der Waals surface area (Å²) < 4.78 is 0. The van der Waals surface area contributed by atoms with Crippen molar-refractivity contribution in [2.45, 2.75) is 6.54 Å². The van der Waals surface area contributed by atoms with Gasteiger partial charge in [-0.15, -0.1) is 0 Å². The van der Waals surface area contributed by atoms with Crippen LogP contribution in [0.4, 0.5) is 5.95 Å². The number of hydrogen-bond donors (Lipinski definition) is 2. The Kier molecular flexibility index (Phi) is 3.75. The van der Waals surface area contributed by atoms with E-state index >= 15 is 0 Å². The maximum Gasteiger partial charge on any atom is 0.223 e. The van der Waals surface area contributed by atoms with E-state index in [-0.39, 0.29) is 4.99 Å². The van der Waals surface area contributed by atoms with Crippen LogP contribution in [0.5, 0.6) is 0 Å². The molecule has 1 aromatic heterocycles. The molecule has 0 fully saturated rings. The molecule has 0 bridgehead atoms. The largest absolute Gasteiger partial charge is 0.388 e. The molecule has 3 rings (SSSR count). The average Bonchev–Trinajstić information content (AvgIpc) is 2.53. The van der Waals surface area contributed by atoms with Crippen molar-refractivity contribution < 1.29 is 0 Å². The lowest BCUT2D eigenvalue weighted by Gasteiger charge is -2.08. The molecule has 0 atom stereocenters. The Morgan fingerprint density at radius 2 is 1.90 bits per heavy atom. The first kappa shape index (κ1) is 13.5. The number of fused-ring (bicyclic) bond motifs is 1. The minimum absolute atomic E-state index is 0.269. The highest BCUT2D eigenvalue weighted by atomic mass is 32.1. The summed E-state index contributed by atoms with van der Waals surface area (Å²) >= 11 is 4.92. The van der Waals surface area contributed by atoms with E-state index < -0.39 is 0 Å². The second-order valence-corrected chi connectivity index (χ2v) is 5.06. The van der Waals surface area contributed by atoms with Crippen molar-refractivity contribution in [2.24, 2.45) is 5.73 Å². The molecule has 21 heavy (non-hydrogen) atoms. The molecule has 0 radical (unpaired) electrons. The standard InChI is InChI=1S/C16H14N4S/c17-15(21)14-8-9-18-16(20-14)19-10-12-6-3-5-11-4-1-2-7-13(11)12/h1-9H,10H2,(H2,17,21)(H,18,19,20). The lowest BCUT2D eigenvalue weighted by atomic mass is 10.0. The second-order valence-electron chi connectivity index (χ2n) is 4.62. The number of nitrogens with one attached hydrogen (secondary N) is 1. The lowest BCUT2D eigenvalue weighted by Crippen LogP contribution is -2.13. The molecule has 0 amide bonds. The third-order valence-corrected chi connectivity index (χ3v) is 3.43. The molecule has 3 aromatic rings. The highest BCUT2D eigenvalue weighted by Gasteiger charge is 2.03. The van der Waals surface area contributed by atoms with Gasteiger partial charge in [0.05, 0.1) is 0 Å². The SMILES string of the molecule is NC(=S)c1ccnc(NCc2cccc3ccccc23)n1. The highest BCUT2D eigenvalue weighted by Crippen LogP contribution is 2.19. The van der Waals surface area contributed by atoms with Gasteiger partial charge < -0.3 is 11.1 Å². The Bertz CT molecular complexity index is 796. The van der Waals surface area contributed by atoms with Crippen LogP contribution in [0.2, 0.25) is 0 Å². The zero-order valence-corrected chi connectivity index (χ0v) is 12.1. The van der Waals surface area contributed by atoms with Crippen molar-refractivity contribution in [3.05, 3.63) is 66.0 Å². The van der Waals surface area contributed by atoms with Crippen LogP contribution < -0.4 is 11.1 Å². The second kappa shape index (κ2) is 5.85. The van der Waals surface area contributed by atoms with Crippen molar-refractivity contribution in [1.82, 2.24) is 9.97 Å². The van der Waals surface area contributed by atoms with E-state index in [1.165, 1.54) is 16.3 Å². The molecule has 0 aliphatic rings. The van der Waals surface area contributed by atoms with E-state index in [1.54, 1.807) is 12.3 Å². The maximum atomic E-state index is 5.58. The predicted octanol–water partition coefficient (Wildman–Crippen LogP) is 2.88. The van der Waals surface area contributed by atoms with Crippen molar-refractivity contribution >= 4 is 33.9 Å². The van der Waals surface area contributed by atoms with Crippen LogP contribution in [-0.4, -0.2) is 15.0 Å². The normalized spacial score (nSPS) is 10.5. The molecular weight excluding hydrogens is 280 g/mol. The summed E-state index contributed by atoms with van der Waals surface area (Å²) in [5, 5.41) is 5.65. The number of thiocarbonyl (C=S) groups is 1.